The summed E-state index contributed by atoms with van der Waals surface area (Å²) < 4.78 is 2.20. The molecule has 0 fully saturated rings. The molecule has 1 aliphatic heterocycles. The number of carboxylic acids is 1. The second kappa shape index (κ2) is 6.99. The minimum atomic E-state index is -0.872. The molecule has 4 nitrogen and oxygen atoms in total. The van der Waals surface area contributed by atoms with Crippen molar-refractivity contribution in [1.82, 2.24) is 9.78 Å². The molecular formula is C19H24N2O2. The van der Waals surface area contributed by atoms with Crippen molar-refractivity contribution in [3.8, 4) is 0 Å². The lowest BCUT2D eigenvalue weighted by Gasteiger charge is -2.14. The molecule has 0 saturated carbocycles. The molecule has 2 heterocycles. The van der Waals surface area contributed by atoms with Gasteiger partial charge in [0.05, 0.1) is 11.3 Å². The first kappa shape index (κ1) is 15.8. The van der Waals surface area contributed by atoms with Crippen LogP contribution in [0.1, 0.15) is 65.5 Å². The van der Waals surface area contributed by atoms with E-state index < -0.39 is 5.97 Å². The Bertz CT molecular complexity index is 686. The van der Waals surface area contributed by atoms with Crippen molar-refractivity contribution in [1.29, 1.82) is 0 Å². The summed E-state index contributed by atoms with van der Waals surface area (Å²) in [4.78, 5) is 11.0. The molecule has 2 aromatic rings. The van der Waals surface area contributed by atoms with Gasteiger partial charge in [0.1, 0.15) is 0 Å². The van der Waals surface area contributed by atoms with Crippen molar-refractivity contribution in [2.45, 2.75) is 58.4 Å². The number of aromatic carboxylic acids is 1. The third-order valence-electron chi connectivity index (χ3n) is 4.63. The fourth-order valence-corrected chi connectivity index (χ4v) is 3.33. The van der Waals surface area contributed by atoms with E-state index in [-0.39, 0.29) is 0 Å². The Morgan fingerprint density at radius 1 is 1.26 bits per heavy atom. The summed E-state index contributed by atoms with van der Waals surface area (Å²) in [5.74, 6) is -0.872. The van der Waals surface area contributed by atoms with Gasteiger partial charge < -0.3 is 5.11 Å². The SMILES string of the molecule is CCCCc1nn2c(c1Cc1ccc(C(=O)O)cc1)CCCC2. The zero-order chi connectivity index (χ0) is 16.2. The first-order chi connectivity index (χ1) is 11.2. The number of hydrogen-bond donors (Lipinski definition) is 1. The van der Waals surface area contributed by atoms with Crippen LogP contribution in [0, 0.1) is 0 Å². The summed E-state index contributed by atoms with van der Waals surface area (Å²) in [6, 6.07) is 7.25. The number of benzene rings is 1. The molecule has 0 bridgehead atoms. The maximum absolute atomic E-state index is 11.0. The van der Waals surface area contributed by atoms with Crippen LogP contribution in [0.25, 0.3) is 0 Å². The Balaban J connectivity index is 1.88. The van der Waals surface area contributed by atoms with Crippen molar-refractivity contribution < 1.29 is 9.90 Å². The predicted octanol–water partition coefficient (Wildman–Crippen LogP) is 3.85. The van der Waals surface area contributed by atoms with Crippen LogP contribution in [-0.4, -0.2) is 20.9 Å². The monoisotopic (exact) mass is 312 g/mol. The van der Waals surface area contributed by atoms with Crippen LogP contribution in [0.3, 0.4) is 0 Å². The highest BCUT2D eigenvalue weighted by Crippen LogP contribution is 2.25. The normalized spacial score (nSPS) is 13.8. The fraction of sp³-hybridized carbons (Fsp3) is 0.474. The van der Waals surface area contributed by atoms with Gasteiger partial charge in [-0.15, -0.1) is 0 Å². The van der Waals surface area contributed by atoms with Crippen LogP contribution in [0.5, 0.6) is 0 Å². The van der Waals surface area contributed by atoms with Gasteiger partial charge in [0.2, 0.25) is 0 Å². The molecule has 23 heavy (non-hydrogen) atoms. The van der Waals surface area contributed by atoms with Crippen molar-refractivity contribution in [3.05, 3.63) is 52.3 Å². The zero-order valence-electron chi connectivity index (χ0n) is 13.7. The minimum absolute atomic E-state index is 0.344. The molecule has 0 radical (unpaired) electrons. The summed E-state index contributed by atoms with van der Waals surface area (Å²) in [6.45, 7) is 3.24. The Morgan fingerprint density at radius 2 is 2.04 bits per heavy atom. The van der Waals surface area contributed by atoms with Gasteiger partial charge in [-0.2, -0.15) is 5.10 Å². The lowest BCUT2D eigenvalue weighted by Crippen LogP contribution is -2.12. The van der Waals surface area contributed by atoms with Gasteiger partial charge in [-0.05, 0) is 49.8 Å². The highest BCUT2D eigenvalue weighted by Gasteiger charge is 2.20. The molecule has 0 unspecified atom stereocenters. The number of aryl methyl sites for hydroxylation is 2. The first-order valence-electron chi connectivity index (χ1n) is 8.58. The van der Waals surface area contributed by atoms with Gasteiger partial charge >= 0.3 is 5.97 Å². The van der Waals surface area contributed by atoms with Gasteiger partial charge in [0.25, 0.3) is 0 Å². The second-order valence-electron chi connectivity index (χ2n) is 6.33. The Hall–Kier alpha value is -2.10. The number of aromatic nitrogens is 2. The van der Waals surface area contributed by atoms with Crippen molar-refractivity contribution in [3.63, 3.8) is 0 Å². The average molecular weight is 312 g/mol. The summed E-state index contributed by atoms with van der Waals surface area (Å²) >= 11 is 0. The van der Waals surface area contributed by atoms with E-state index in [1.165, 1.54) is 42.6 Å². The highest BCUT2D eigenvalue weighted by atomic mass is 16.4. The average Bonchev–Trinajstić information content (AvgIpc) is 2.91. The van der Waals surface area contributed by atoms with E-state index in [0.29, 0.717) is 5.56 Å². The van der Waals surface area contributed by atoms with Gasteiger partial charge in [0.15, 0.2) is 0 Å². The van der Waals surface area contributed by atoms with E-state index >= 15 is 0 Å². The van der Waals surface area contributed by atoms with E-state index in [0.717, 1.165) is 31.4 Å². The van der Waals surface area contributed by atoms with Crippen molar-refractivity contribution in [2.24, 2.45) is 0 Å². The molecule has 3 rings (SSSR count). The van der Waals surface area contributed by atoms with Gasteiger partial charge in [-0.3, -0.25) is 4.68 Å². The number of unbranched alkanes of at least 4 members (excludes halogenated alkanes) is 1. The molecule has 122 valence electrons. The van der Waals surface area contributed by atoms with Gasteiger partial charge in [-0.1, -0.05) is 25.5 Å². The quantitative estimate of drug-likeness (QED) is 0.881. The summed E-state index contributed by atoms with van der Waals surface area (Å²) in [6.07, 6.45) is 7.81. The standard InChI is InChI=1S/C19H24N2O2/c1-2-3-6-17-16(18-7-4-5-12-21(18)20-17)13-14-8-10-15(11-9-14)19(22)23/h8-11H,2-7,12-13H2,1H3,(H,22,23). The van der Waals surface area contributed by atoms with Crippen LogP contribution in [0.2, 0.25) is 0 Å². The third-order valence-corrected chi connectivity index (χ3v) is 4.63. The van der Waals surface area contributed by atoms with Crippen molar-refractivity contribution >= 4 is 5.97 Å². The summed E-state index contributed by atoms with van der Waals surface area (Å²) in [7, 11) is 0. The number of rotatable bonds is 6. The van der Waals surface area contributed by atoms with E-state index in [2.05, 4.69) is 11.6 Å². The maximum Gasteiger partial charge on any atom is 0.335 e. The number of carbonyl (C=O) groups is 1. The molecule has 1 N–H and O–H groups in total. The molecule has 4 heteroatoms. The lowest BCUT2D eigenvalue weighted by atomic mass is 9.96. The maximum atomic E-state index is 11.0. The van der Waals surface area contributed by atoms with Gasteiger partial charge in [-0.25, -0.2) is 4.79 Å². The van der Waals surface area contributed by atoms with Crippen LogP contribution in [0.4, 0.5) is 0 Å². The number of carboxylic acid groups (broad SMARTS) is 1. The molecule has 0 aliphatic carbocycles. The molecule has 0 atom stereocenters. The Labute approximate surface area is 137 Å². The third kappa shape index (κ3) is 3.46. The Morgan fingerprint density at radius 3 is 2.74 bits per heavy atom. The summed E-state index contributed by atoms with van der Waals surface area (Å²) in [5, 5.41) is 13.9. The predicted molar refractivity (Wildman–Crippen MR) is 90.0 cm³/mol. The Kier molecular flexibility index (Phi) is 4.79. The highest BCUT2D eigenvalue weighted by molar-refractivity contribution is 5.87. The van der Waals surface area contributed by atoms with Crippen LogP contribution in [-0.2, 0) is 25.8 Å². The molecule has 1 aliphatic rings. The van der Waals surface area contributed by atoms with E-state index in [4.69, 9.17) is 10.2 Å². The smallest absolute Gasteiger partial charge is 0.335 e. The number of fused-ring (bicyclic) bond motifs is 1. The van der Waals surface area contributed by atoms with E-state index in [1.54, 1.807) is 12.1 Å². The van der Waals surface area contributed by atoms with E-state index in [1.807, 2.05) is 12.1 Å². The van der Waals surface area contributed by atoms with Crippen LogP contribution >= 0.6 is 0 Å². The largest absolute Gasteiger partial charge is 0.478 e. The fourth-order valence-electron chi connectivity index (χ4n) is 3.33. The molecule has 0 saturated heterocycles. The summed E-state index contributed by atoms with van der Waals surface area (Å²) in [5.41, 5.74) is 5.52. The van der Waals surface area contributed by atoms with Crippen molar-refractivity contribution in [2.75, 3.05) is 0 Å². The lowest BCUT2D eigenvalue weighted by molar-refractivity contribution is 0.0697. The zero-order valence-corrected chi connectivity index (χ0v) is 13.7. The van der Waals surface area contributed by atoms with Crippen LogP contribution in [0.15, 0.2) is 24.3 Å². The molecule has 0 amide bonds. The molecule has 0 spiro atoms. The number of nitrogens with zero attached hydrogens (tertiary/aromatic N) is 2. The molecular weight excluding hydrogens is 288 g/mol. The minimum Gasteiger partial charge on any atom is -0.478 e. The van der Waals surface area contributed by atoms with Gasteiger partial charge in [0, 0.05) is 24.2 Å². The van der Waals surface area contributed by atoms with E-state index in [9.17, 15) is 4.79 Å². The van der Waals surface area contributed by atoms with Crippen LogP contribution < -0.4 is 0 Å². The topological polar surface area (TPSA) is 55.1 Å². The number of hydrogen-bond acceptors (Lipinski definition) is 2. The second-order valence-corrected chi connectivity index (χ2v) is 6.33. The first-order valence-corrected chi connectivity index (χ1v) is 8.58. The molecule has 1 aromatic heterocycles. The molecule has 1 aromatic carbocycles.